The van der Waals surface area contributed by atoms with Gasteiger partial charge in [0, 0.05) is 30.1 Å². The number of nitrogens with zero attached hydrogens (tertiary/aromatic N) is 6. The number of hydrogen-bond acceptors (Lipinski definition) is 7. The second-order valence-corrected chi connectivity index (χ2v) is 7.76. The molecule has 3 aromatic heterocycles. The summed E-state index contributed by atoms with van der Waals surface area (Å²) >= 11 is 0. The lowest BCUT2D eigenvalue weighted by Gasteiger charge is -2.35. The van der Waals surface area contributed by atoms with Crippen molar-refractivity contribution in [3.63, 3.8) is 0 Å². The van der Waals surface area contributed by atoms with Crippen LogP contribution in [-0.2, 0) is 12.6 Å². The van der Waals surface area contributed by atoms with Crippen LogP contribution in [0.2, 0.25) is 0 Å². The van der Waals surface area contributed by atoms with Crippen LogP contribution in [0, 0.1) is 0 Å². The van der Waals surface area contributed by atoms with Gasteiger partial charge in [0.2, 0.25) is 5.95 Å². The number of aryl methyl sites for hydroxylation is 1. The first-order chi connectivity index (χ1) is 14.0. The summed E-state index contributed by atoms with van der Waals surface area (Å²) in [7, 11) is 3.46. The number of nitrogen functional groups attached to an aromatic ring is 1. The summed E-state index contributed by atoms with van der Waals surface area (Å²) in [6.07, 6.45) is 6.65. The first-order valence-corrected chi connectivity index (χ1v) is 9.69. The Labute approximate surface area is 167 Å². The number of rotatable bonds is 3. The lowest BCUT2D eigenvalue weighted by molar-refractivity contribution is -0.00944. The van der Waals surface area contributed by atoms with Crippen molar-refractivity contribution in [3.05, 3.63) is 42.0 Å². The summed E-state index contributed by atoms with van der Waals surface area (Å²) in [5.41, 5.74) is 7.39. The number of benzene rings is 1. The Bertz CT molecular complexity index is 1210. The van der Waals surface area contributed by atoms with E-state index in [9.17, 15) is 5.11 Å². The first kappa shape index (κ1) is 17.9. The monoisotopic (exact) mass is 393 g/mol. The van der Waals surface area contributed by atoms with E-state index in [1.54, 1.807) is 22.5 Å². The number of anilines is 1. The lowest BCUT2D eigenvalue weighted by atomic mass is 9.75. The quantitative estimate of drug-likeness (QED) is 0.548. The van der Waals surface area contributed by atoms with Crippen molar-refractivity contribution < 1.29 is 9.84 Å². The highest BCUT2D eigenvalue weighted by molar-refractivity contribution is 5.95. The van der Waals surface area contributed by atoms with E-state index >= 15 is 0 Å². The van der Waals surface area contributed by atoms with Gasteiger partial charge in [0.25, 0.3) is 0 Å². The van der Waals surface area contributed by atoms with Crippen molar-refractivity contribution >= 4 is 22.5 Å². The molecule has 1 aromatic carbocycles. The maximum Gasteiger partial charge on any atom is 0.223 e. The number of aliphatic hydroxyl groups is 1. The molecule has 0 bridgehead atoms. The van der Waals surface area contributed by atoms with E-state index < -0.39 is 5.60 Å². The molecule has 1 fully saturated rings. The van der Waals surface area contributed by atoms with Crippen molar-refractivity contribution in [1.29, 1.82) is 0 Å². The molecule has 0 amide bonds. The molecule has 5 rings (SSSR count). The van der Waals surface area contributed by atoms with Crippen LogP contribution in [0.15, 0.2) is 30.6 Å². The van der Waals surface area contributed by atoms with Gasteiger partial charge in [-0.15, -0.1) is 5.10 Å². The van der Waals surface area contributed by atoms with E-state index in [4.69, 9.17) is 15.5 Å². The standard InChI is InChI=1S/C20H23N7O2/c1-26-11-13(10-22-26)20(28)8-4-5-12(9-20)17-24-18-14-6-3-7-15(29-2)16(14)23-19(21)27(18)25-17/h3,6-7,10-12,28H,4-5,8-9H2,1-2H3,(H2,21,23). The molecule has 0 radical (unpaired) electrons. The van der Waals surface area contributed by atoms with Crippen LogP contribution in [0.5, 0.6) is 5.75 Å². The second-order valence-electron chi connectivity index (χ2n) is 7.76. The lowest BCUT2D eigenvalue weighted by Crippen LogP contribution is -2.32. The number of methoxy groups -OCH3 is 1. The molecular weight excluding hydrogens is 370 g/mol. The number of ether oxygens (including phenoxy) is 1. The Morgan fingerprint density at radius 1 is 1.31 bits per heavy atom. The van der Waals surface area contributed by atoms with Crippen LogP contribution in [0.3, 0.4) is 0 Å². The Morgan fingerprint density at radius 3 is 2.93 bits per heavy atom. The number of aromatic nitrogens is 6. The molecule has 2 atom stereocenters. The van der Waals surface area contributed by atoms with Gasteiger partial charge in [-0.2, -0.15) is 9.61 Å². The molecule has 1 aliphatic rings. The summed E-state index contributed by atoms with van der Waals surface area (Å²) in [5.74, 6) is 1.60. The molecule has 9 nitrogen and oxygen atoms in total. The molecule has 4 aromatic rings. The predicted octanol–water partition coefficient (Wildman–Crippen LogP) is 2.15. The zero-order chi connectivity index (χ0) is 20.2. The van der Waals surface area contributed by atoms with E-state index in [0.717, 1.165) is 23.8 Å². The molecule has 0 spiro atoms. The predicted molar refractivity (Wildman–Crippen MR) is 108 cm³/mol. The fourth-order valence-corrected chi connectivity index (χ4v) is 4.38. The fourth-order valence-electron chi connectivity index (χ4n) is 4.38. The maximum absolute atomic E-state index is 11.3. The molecule has 9 heteroatoms. The summed E-state index contributed by atoms with van der Waals surface area (Å²) < 4.78 is 8.71. The third kappa shape index (κ3) is 2.80. The SMILES string of the molecule is COc1cccc2c1nc(N)n1nc(C3CCCC(O)(c4cnn(C)c4)C3)nc21. The van der Waals surface area contributed by atoms with E-state index in [0.29, 0.717) is 35.6 Å². The Balaban J connectivity index is 1.58. The highest BCUT2D eigenvalue weighted by Crippen LogP contribution is 2.43. The minimum atomic E-state index is -0.927. The minimum Gasteiger partial charge on any atom is -0.494 e. The minimum absolute atomic E-state index is 0.0221. The van der Waals surface area contributed by atoms with Crippen molar-refractivity contribution in [2.45, 2.75) is 37.2 Å². The number of para-hydroxylation sites is 1. The summed E-state index contributed by atoms with van der Waals surface area (Å²) in [5, 5.41) is 21.0. The van der Waals surface area contributed by atoms with Gasteiger partial charge < -0.3 is 15.6 Å². The molecule has 1 saturated carbocycles. The van der Waals surface area contributed by atoms with Crippen LogP contribution in [0.1, 0.15) is 43.0 Å². The molecule has 29 heavy (non-hydrogen) atoms. The van der Waals surface area contributed by atoms with Crippen molar-refractivity contribution in [3.8, 4) is 5.75 Å². The van der Waals surface area contributed by atoms with Crippen LogP contribution >= 0.6 is 0 Å². The topological polar surface area (TPSA) is 116 Å². The Kier molecular flexibility index (Phi) is 3.95. The van der Waals surface area contributed by atoms with Gasteiger partial charge in [0.05, 0.1) is 18.9 Å². The largest absolute Gasteiger partial charge is 0.494 e. The summed E-state index contributed by atoms with van der Waals surface area (Å²) in [6.45, 7) is 0. The molecule has 3 heterocycles. The van der Waals surface area contributed by atoms with Gasteiger partial charge in [-0.05, 0) is 37.8 Å². The van der Waals surface area contributed by atoms with Crippen molar-refractivity contribution in [1.82, 2.24) is 29.4 Å². The molecule has 3 N–H and O–H groups in total. The smallest absolute Gasteiger partial charge is 0.223 e. The molecule has 0 aliphatic heterocycles. The Morgan fingerprint density at radius 2 is 2.17 bits per heavy atom. The normalized spacial score (nSPS) is 22.4. The zero-order valence-electron chi connectivity index (χ0n) is 16.4. The zero-order valence-corrected chi connectivity index (χ0v) is 16.4. The van der Waals surface area contributed by atoms with Gasteiger partial charge in [-0.1, -0.05) is 6.07 Å². The summed E-state index contributed by atoms with van der Waals surface area (Å²) in [4.78, 5) is 9.27. The Hall–Kier alpha value is -3.20. The average molecular weight is 393 g/mol. The van der Waals surface area contributed by atoms with E-state index in [-0.39, 0.29) is 11.9 Å². The van der Waals surface area contributed by atoms with Gasteiger partial charge >= 0.3 is 0 Å². The molecular formula is C20H23N7O2. The average Bonchev–Trinajstić information content (AvgIpc) is 3.35. The van der Waals surface area contributed by atoms with E-state index in [1.165, 1.54) is 0 Å². The highest BCUT2D eigenvalue weighted by Gasteiger charge is 2.39. The van der Waals surface area contributed by atoms with Crippen molar-refractivity contribution in [2.24, 2.45) is 7.05 Å². The fraction of sp³-hybridized carbons (Fsp3) is 0.400. The van der Waals surface area contributed by atoms with Gasteiger partial charge in [0.1, 0.15) is 11.3 Å². The number of hydrogen-bond donors (Lipinski definition) is 2. The third-order valence-electron chi connectivity index (χ3n) is 5.86. The third-order valence-corrected chi connectivity index (χ3v) is 5.86. The maximum atomic E-state index is 11.3. The second kappa shape index (κ2) is 6.41. The van der Waals surface area contributed by atoms with E-state index in [2.05, 4.69) is 15.2 Å². The first-order valence-electron chi connectivity index (χ1n) is 9.69. The molecule has 2 unspecified atom stereocenters. The number of fused-ring (bicyclic) bond motifs is 3. The summed E-state index contributed by atoms with van der Waals surface area (Å²) in [6, 6.07) is 5.68. The van der Waals surface area contributed by atoms with Crippen LogP contribution in [0.25, 0.3) is 16.6 Å². The van der Waals surface area contributed by atoms with Gasteiger partial charge in [-0.3, -0.25) is 4.68 Å². The van der Waals surface area contributed by atoms with Crippen LogP contribution in [-0.4, -0.2) is 41.6 Å². The molecule has 1 aliphatic carbocycles. The van der Waals surface area contributed by atoms with Crippen molar-refractivity contribution in [2.75, 3.05) is 12.8 Å². The van der Waals surface area contributed by atoms with E-state index in [1.807, 2.05) is 31.4 Å². The van der Waals surface area contributed by atoms with Crippen LogP contribution in [0.4, 0.5) is 5.95 Å². The molecule has 0 saturated heterocycles. The van der Waals surface area contributed by atoms with Crippen LogP contribution < -0.4 is 10.5 Å². The highest BCUT2D eigenvalue weighted by atomic mass is 16.5. The number of nitrogens with two attached hydrogens (primary N) is 1. The molecule has 150 valence electrons. The van der Waals surface area contributed by atoms with Gasteiger partial charge in [0.15, 0.2) is 11.5 Å². The van der Waals surface area contributed by atoms with Gasteiger partial charge in [-0.25, -0.2) is 9.97 Å².